The van der Waals surface area contributed by atoms with Crippen LogP contribution in [0.15, 0.2) is 53.7 Å². The maximum atomic E-state index is 12.6. The quantitative estimate of drug-likeness (QED) is 0.665. The van der Waals surface area contributed by atoms with E-state index in [9.17, 15) is 14.4 Å². The molecule has 3 aromatic rings. The molecule has 1 N–H and O–H groups in total. The molecule has 0 aliphatic rings. The van der Waals surface area contributed by atoms with Gasteiger partial charge < -0.3 is 14.6 Å². The zero-order valence-corrected chi connectivity index (χ0v) is 15.8. The molecular weight excluding hydrogens is 358 g/mol. The Morgan fingerprint density at radius 1 is 1.14 bits per heavy atom. The summed E-state index contributed by atoms with van der Waals surface area (Å²) in [5.74, 6) is -0.997. The summed E-state index contributed by atoms with van der Waals surface area (Å²) >= 11 is 0. The number of fused-ring (bicyclic) bond motifs is 1. The van der Waals surface area contributed by atoms with E-state index < -0.39 is 11.4 Å². The van der Waals surface area contributed by atoms with Gasteiger partial charge in [0.15, 0.2) is 0 Å². The van der Waals surface area contributed by atoms with Crippen molar-refractivity contribution in [1.82, 2.24) is 9.55 Å². The Morgan fingerprint density at radius 2 is 1.89 bits per heavy atom. The molecule has 144 valence electrons. The highest BCUT2D eigenvalue weighted by Gasteiger charge is 2.17. The van der Waals surface area contributed by atoms with Crippen LogP contribution in [0.1, 0.15) is 29.8 Å². The van der Waals surface area contributed by atoms with Gasteiger partial charge in [0.25, 0.3) is 0 Å². The zero-order valence-electron chi connectivity index (χ0n) is 15.8. The molecule has 0 aliphatic carbocycles. The minimum Gasteiger partial charge on any atom is -0.462 e. The van der Waals surface area contributed by atoms with Crippen LogP contribution in [0.4, 0.5) is 5.69 Å². The summed E-state index contributed by atoms with van der Waals surface area (Å²) in [6, 6.07) is 9.11. The van der Waals surface area contributed by atoms with Gasteiger partial charge in [-0.15, -0.1) is 0 Å². The van der Waals surface area contributed by atoms with Crippen LogP contribution in [0, 0.1) is 0 Å². The van der Waals surface area contributed by atoms with Crippen molar-refractivity contribution < 1.29 is 14.3 Å². The van der Waals surface area contributed by atoms with E-state index in [1.54, 1.807) is 6.92 Å². The highest BCUT2D eigenvalue weighted by atomic mass is 16.5. The number of hydrogen-bond acceptors (Lipinski definition) is 5. The monoisotopic (exact) mass is 379 g/mol. The Balaban J connectivity index is 1.92. The number of amides is 1. The molecule has 7 heteroatoms. The number of anilines is 1. The normalized spacial score (nSPS) is 10.6. The Hall–Kier alpha value is -3.48. The Bertz CT molecular complexity index is 1070. The molecule has 0 aliphatic heterocycles. The van der Waals surface area contributed by atoms with Crippen LogP contribution in [0.5, 0.6) is 0 Å². The van der Waals surface area contributed by atoms with Crippen molar-refractivity contribution in [2.75, 3.05) is 11.9 Å². The topological polar surface area (TPSA) is 90.3 Å². The molecule has 0 atom stereocenters. The third-order valence-electron chi connectivity index (χ3n) is 4.34. The minimum absolute atomic E-state index is 0.0790. The lowest BCUT2D eigenvalue weighted by atomic mass is 10.1. The summed E-state index contributed by atoms with van der Waals surface area (Å²) in [4.78, 5) is 41.3. The number of carbonyl (C=O) groups excluding carboxylic acids is 2. The molecule has 0 saturated heterocycles. The number of aromatic nitrogens is 2. The SMILES string of the molecule is CCOC(=O)c1cn(CC(=O)Nc2ccc(CC)cc2)c2cnccc2c1=O. The van der Waals surface area contributed by atoms with Crippen LogP contribution in [0.2, 0.25) is 0 Å². The number of hydrogen-bond donors (Lipinski definition) is 1. The van der Waals surface area contributed by atoms with Crippen LogP contribution in [-0.2, 0) is 22.5 Å². The average molecular weight is 379 g/mol. The van der Waals surface area contributed by atoms with E-state index >= 15 is 0 Å². The van der Waals surface area contributed by atoms with Gasteiger partial charge in [0.05, 0.1) is 18.3 Å². The van der Waals surface area contributed by atoms with E-state index in [1.165, 1.54) is 34.8 Å². The fourth-order valence-electron chi connectivity index (χ4n) is 2.90. The zero-order chi connectivity index (χ0) is 20.1. The van der Waals surface area contributed by atoms with Crippen LogP contribution < -0.4 is 10.7 Å². The van der Waals surface area contributed by atoms with Gasteiger partial charge in [0.2, 0.25) is 11.3 Å². The number of carbonyl (C=O) groups is 2. The number of ether oxygens (including phenoxy) is 1. The third kappa shape index (κ3) is 4.09. The summed E-state index contributed by atoms with van der Waals surface area (Å²) in [7, 11) is 0. The lowest BCUT2D eigenvalue weighted by Gasteiger charge is -2.13. The predicted molar refractivity (Wildman–Crippen MR) is 106 cm³/mol. The van der Waals surface area contributed by atoms with E-state index in [2.05, 4.69) is 17.2 Å². The van der Waals surface area contributed by atoms with Gasteiger partial charge in [0.1, 0.15) is 12.1 Å². The number of rotatable bonds is 6. The highest BCUT2D eigenvalue weighted by molar-refractivity contribution is 5.95. The smallest absolute Gasteiger partial charge is 0.343 e. The maximum absolute atomic E-state index is 12.6. The summed E-state index contributed by atoms with van der Waals surface area (Å²) in [6.07, 6.45) is 5.23. The van der Waals surface area contributed by atoms with Gasteiger partial charge in [-0.1, -0.05) is 19.1 Å². The van der Waals surface area contributed by atoms with Gasteiger partial charge in [0, 0.05) is 23.5 Å². The summed E-state index contributed by atoms with van der Waals surface area (Å²) in [6.45, 7) is 3.80. The number of nitrogens with one attached hydrogen (secondary N) is 1. The first-order valence-corrected chi connectivity index (χ1v) is 9.06. The molecule has 0 fully saturated rings. The third-order valence-corrected chi connectivity index (χ3v) is 4.34. The van der Waals surface area contributed by atoms with Crippen LogP contribution in [0.25, 0.3) is 10.9 Å². The van der Waals surface area contributed by atoms with E-state index in [-0.39, 0.29) is 24.6 Å². The molecule has 0 bridgehead atoms. The van der Waals surface area contributed by atoms with Crippen molar-refractivity contribution in [2.24, 2.45) is 0 Å². The molecule has 0 radical (unpaired) electrons. The number of pyridine rings is 2. The van der Waals surface area contributed by atoms with Crippen LogP contribution in [0.3, 0.4) is 0 Å². The van der Waals surface area contributed by atoms with E-state index in [0.717, 1.165) is 6.42 Å². The first-order valence-electron chi connectivity index (χ1n) is 9.06. The van der Waals surface area contributed by atoms with Crippen molar-refractivity contribution in [2.45, 2.75) is 26.8 Å². The second-order valence-corrected chi connectivity index (χ2v) is 6.21. The van der Waals surface area contributed by atoms with Crippen molar-refractivity contribution in [1.29, 1.82) is 0 Å². The highest BCUT2D eigenvalue weighted by Crippen LogP contribution is 2.13. The van der Waals surface area contributed by atoms with Gasteiger partial charge in [-0.3, -0.25) is 14.6 Å². The Labute approximate surface area is 162 Å². The Kier molecular flexibility index (Phi) is 5.84. The molecule has 28 heavy (non-hydrogen) atoms. The molecule has 7 nitrogen and oxygen atoms in total. The van der Waals surface area contributed by atoms with Crippen molar-refractivity contribution in [3.63, 3.8) is 0 Å². The number of nitrogens with zero attached hydrogens (tertiary/aromatic N) is 2. The van der Waals surface area contributed by atoms with E-state index in [0.29, 0.717) is 16.6 Å². The summed E-state index contributed by atoms with van der Waals surface area (Å²) in [5, 5.41) is 3.13. The Morgan fingerprint density at radius 3 is 2.57 bits per heavy atom. The van der Waals surface area contributed by atoms with Crippen molar-refractivity contribution in [3.8, 4) is 0 Å². The molecular formula is C21H21N3O4. The van der Waals surface area contributed by atoms with Gasteiger partial charge >= 0.3 is 5.97 Å². The first-order chi connectivity index (χ1) is 13.5. The van der Waals surface area contributed by atoms with E-state index in [4.69, 9.17) is 4.74 Å². The predicted octanol–water partition coefficient (Wildman–Crippen LogP) is 2.77. The second kappa shape index (κ2) is 8.47. The molecule has 2 heterocycles. The lowest BCUT2D eigenvalue weighted by Crippen LogP contribution is -2.24. The number of aryl methyl sites for hydroxylation is 1. The minimum atomic E-state index is -0.712. The molecule has 3 rings (SSSR count). The average Bonchev–Trinajstić information content (AvgIpc) is 2.71. The van der Waals surface area contributed by atoms with E-state index in [1.807, 2.05) is 24.3 Å². The molecule has 1 amide bonds. The van der Waals surface area contributed by atoms with Crippen LogP contribution >= 0.6 is 0 Å². The molecule has 0 spiro atoms. The first kappa shape index (κ1) is 19.3. The van der Waals surface area contributed by atoms with Crippen molar-refractivity contribution >= 4 is 28.5 Å². The summed E-state index contributed by atoms with van der Waals surface area (Å²) < 4.78 is 6.50. The van der Waals surface area contributed by atoms with Crippen molar-refractivity contribution in [3.05, 3.63) is 70.3 Å². The van der Waals surface area contributed by atoms with Gasteiger partial charge in [-0.05, 0) is 37.1 Å². The van der Waals surface area contributed by atoms with Gasteiger partial charge in [-0.2, -0.15) is 0 Å². The molecule has 0 unspecified atom stereocenters. The number of benzene rings is 1. The summed E-state index contributed by atoms with van der Waals surface area (Å²) in [5.41, 5.74) is 1.77. The largest absolute Gasteiger partial charge is 0.462 e. The molecule has 2 aromatic heterocycles. The van der Waals surface area contributed by atoms with Crippen LogP contribution in [-0.4, -0.2) is 28.0 Å². The molecule has 1 aromatic carbocycles. The number of esters is 1. The maximum Gasteiger partial charge on any atom is 0.343 e. The van der Waals surface area contributed by atoms with Gasteiger partial charge in [-0.25, -0.2) is 4.79 Å². The molecule has 0 saturated carbocycles. The fraction of sp³-hybridized carbons (Fsp3) is 0.238. The second-order valence-electron chi connectivity index (χ2n) is 6.21. The standard InChI is InChI=1S/C21H21N3O4/c1-3-14-5-7-15(8-6-14)23-19(25)13-24-12-17(21(27)28-4-2)20(26)16-9-10-22-11-18(16)24/h5-12H,3-4,13H2,1-2H3,(H,23,25). The fourth-order valence-corrected chi connectivity index (χ4v) is 2.90. The lowest BCUT2D eigenvalue weighted by molar-refractivity contribution is -0.116.